The first-order valence-electron chi connectivity index (χ1n) is 2.17. The Morgan fingerprint density at radius 2 is 2.50 bits per heavy atom. The van der Waals surface area contributed by atoms with E-state index in [0.717, 1.165) is 11.8 Å². The number of nitrogens with zero attached hydrogens (tertiary/aromatic N) is 1. The molecule has 46 valence electrons. The van der Waals surface area contributed by atoms with Crippen molar-refractivity contribution in [1.82, 2.24) is 0 Å². The lowest BCUT2D eigenvalue weighted by atomic mass is 10.7. The largest absolute Gasteiger partial charge is 0.592 e. The number of rotatable bonds is 0. The van der Waals surface area contributed by atoms with E-state index >= 15 is 0 Å². The molecule has 1 unspecified atom stereocenters. The third kappa shape index (κ3) is 0.851. The second-order valence-corrected chi connectivity index (χ2v) is 2.66. The molecule has 0 saturated carbocycles. The van der Waals surface area contributed by atoms with E-state index in [2.05, 4.69) is 0 Å². The number of amidine groups is 1. The zero-order valence-corrected chi connectivity index (χ0v) is 4.94. The van der Waals surface area contributed by atoms with Crippen molar-refractivity contribution in [2.75, 3.05) is 12.3 Å². The summed E-state index contributed by atoms with van der Waals surface area (Å²) < 4.78 is 0. The number of quaternary nitrogens is 1. The van der Waals surface area contributed by atoms with Crippen LogP contribution in [0.1, 0.15) is 0 Å². The van der Waals surface area contributed by atoms with Crippen LogP contribution < -0.4 is 0 Å². The van der Waals surface area contributed by atoms with Crippen molar-refractivity contribution in [3.8, 4) is 0 Å². The molecule has 8 heavy (non-hydrogen) atoms. The van der Waals surface area contributed by atoms with E-state index in [4.69, 9.17) is 10.6 Å². The van der Waals surface area contributed by atoms with Gasteiger partial charge in [-0.2, -0.15) is 4.81 Å². The molecule has 1 aliphatic rings. The number of nitrogens with one attached hydrogen (secondary N) is 1. The Balaban J connectivity index is 2.68. The van der Waals surface area contributed by atoms with Crippen molar-refractivity contribution in [3.05, 3.63) is 5.21 Å². The monoisotopic (exact) mass is 134 g/mol. The molecule has 0 aromatic heterocycles. The first-order valence-corrected chi connectivity index (χ1v) is 3.15. The van der Waals surface area contributed by atoms with Crippen LogP contribution in [0.5, 0.6) is 0 Å². The van der Waals surface area contributed by atoms with Crippen LogP contribution in [0.2, 0.25) is 0 Å². The molecule has 0 radical (unpaired) electrons. The maximum Gasteiger partial charge on any atom is 0.289 e. The van der Waals surface area contributed by atoms with Crippen LogP contribution in [0.3, 0.4) is 0 Å². The standard InChI is InChI=1S/C3H6N2O2S/c4-3-5(6,7)1-2-8-3/h4,6H,1-2H2. The minimum absolute atomic E-state index is 0.115. The molecular formula is C3H6N2O2S. The highest BCUT2D eigenvalue weighted by molar-refractivity contribution is 8.13. The average molecular weight is 134 g/mol. The van der Waals surface area contributed by atoms with Crippen molar-refractivity contribution in [2.24, 2.45) is 0 Å². The summed E-state index contributed by atoms with van der Waals surface area (Å²) in [4.78, 5) is -1.47. The fourth-order valence-electron chi connectivity index (χ4n) is 0.468. The molecule has 0 aromatic carbocycles. The summed E-state index contributed by atoms with van der Waals surface area (Å²) in [6.07, 6.45) is 0. The highest BCUT2D eigenvalue weighted by atomic mass is 32.2. The number of hydrogen-bond donors (Lipinski definition) is 2. The zero-order chi connectivity index (χ0) is 6.20. The SMILES string of the molecule is N=C1SCC[N+]1([O-])O. The fourth-order valence-corrected chi connectivity index (χ4v) is 1.29. The molecule has 0 spiro atoms. The summed E-state index contributed by atoms with van der Waals surface area (Å²) in [5, 5.41) is 25.7. The van der Waals surface area contributed by atoms with Gasteiger partial charge >= 0.3 is 0 Å². The lowest BCUT2D eigenvalue weighted by molar-refractivity contribution is -0.983. The third-order valence-electron chi connectivity index (χ3n) is 0.951. The molecule has 0 aliphatic carbocycles. The average Bonchev–Trinajstić information content (AvgIpc) is 1.86. The van der Waals surface area contributed by atoms with E-state index in [-0.39, 0.29) is 11.7 Å². The van der Waals surface area contributed by atoms with Crippen LogP contribution in [0.25, 0.3) is 0 Å². The predicted molar refractivity (Wildman–Crippen MR) is 30.5 cm³/mol. The minimum atomic E-state index is -1.47. The second kappa shape index (κ2) is 1.70. The number of hydroxylamine groups is 4. The normalized spacial score (nSPS) is 38.5. The molecule has 4 nitrogen and oxygen atoms in total. The van der Waals surface area contributed by atoms with Crippen molar-refractivity contribution < 1.29 is 10.0 Å². The molecular weight excluding hydrogens is 128 g/mol. The van der Waals surface area contributed by atoms with Crippen molar-refractivity contribution in [1.29, 1.82) is 5.41 Å². The number of hydrogen-bond acceptors (Lipinski definition) is 4. The van der Waals surface area contributed by atoms with E-state index in [0.29, 0.717) is 5.75 Å². The molecule has 0 amide bonds. The van der Waals surface area contributed by atoms with Crippen LogP contribution in [-0.2, 0) is 0 Å². The Morgan fingerprint density at radius 3 is 2.62 bits per heavy atom. The molecule has 0 bridgehead atoms. The topological polar surface area (TPSA) is 67.1 Å². The summed E-state index contributed by atoms with van der Waals surface area (Å²) in [6, 6.07) is 0. The molecule has 1 rings (SSSR count). The summed E-state index contributed by atoms with van der Waals surface area (Å²) >= 11 is 1.10. The maximum absolute atomic E-state index is 10.5. The molecule has 2 N–H and O–H groups in total. The molecule has 1 fully saturated rings. The van der Waals surface area contributed by atoms with Gasteiger partial charge < -0.3 is 5.21 Å². The van der Waals surface area contributed by atoms with E-state index in [1.54, 1.807) is 0 Å². The van der Waals surface area contributed by atoms with Crippen molar-refractivity contribution in [2.45, 2.75) is 0 Å². The van der Waals surface area contributed by atoms with Gasteiger partial charge in [0.15, 0.2) is 0 Å². The van der Waals surface area contributed by atoms with Crippen LogP contribution in [0.15, 0.2) is 0 Å². The highest BCUT2D eigenvalue weighted by Gasteiger charge is 2.29. The van der Waals surface area contributed by atoms with E-state index in [1.807, 2.05) is 0 Å². The van der Waals surface area contributed by atoms with Gasteiger partial charge in [-0.05, 0) is 11.8 Å². The molecule has 1 atom stereocenters. The van der Waals surface area contributed by atoms with Gasteiger partial charge in [0.1, 0.15) is 6.54 Å². The second-order valence-electron chi connectivity index (χ2n) is 1.58. The Hall–Kier alpha value is -0.100. The molecule has 1 heterocycles. The molecule has 5 heteroatoms. The van der Waals surface area contributed by atoms with E-state index < -0.39 is 4.81 Å². The van der Waals surface area contributed by atoms with Gasteiger partial charge in [-0.1, -0.05) is 0 Å². The Kier molecular flexibility index (Phi) is 1.28. The van der Waals surface area contributed by atoms with E-state index in [1.165, 1.54) is 0 Å². The van der Waals surface area contributed by atoms with Crippen LogP contribution in [-0.4, -0.2) is 27.5 Å². The lowest BCUT2D eigenvalue weighted by Crippen LogP contribution is -2.38. The van der Waals surface area contributed by atoms with Gasteiger partial charge in [0.25, 0.3) is 5.17 Å². The van der Waals surface area contributed by atoms with Gasteiger partial charge in [-0.25, -0.2) is 10.6 Å². The first kappa shape index (κ1) is 6.03. The van der Waals surface area contributed by atoms with Gasteiger partial charge in [0.05, 0.1) is 5.75 Å². The summed E-state index contributed by atoms with van der Waals surface area (Å²) in [5.41, 5.74) is 0. The van der Waals surface area contributed by atoms with Crippen molar-refractivity contribution >= 4 is 16.9 Å². The molecule has 1 saturated heterocycles. The van der Waals surface area contributed by atoms with Gasteiger partial charge in [-0.15, -0.1) is 0 Å². The van der Waals surface area contributed by atoms with Gasteiger partial charge in [0.2, 0.25) is 0 Å². The quantitative estimate of drug-likeness (QED) is 0.371. The third-order valence-corrected chi connectivity index (χ3v) is 1.90. The van der Waals surface area contributed by atoms with E-state index in [9.17, 15) is 5.21 Å². The van der Waals surface area contributed by atoms with Gasteiger partial charge in [0, 0.05) is 0 Å². The van der Waals surface area contributed by atoms with Crippen LogP contribution in [0, 0.1) is 10.6 Å². The lowest BCUT2D eigenvalue weighted by Gasteiger charge is -2.24. The summed E-state index contributed by atoms with van der Waals surface area (Å²) in [6.45, 7) is 0.115. The van der Waals surface area contributed by atoms with Crippen LogP contribution >= 0.6 is 11.8 Å². The highest BCUT2D eigenvalue weighted by Crippen LogP contribution is 2.20. The Morgan fingerprint density at radius 1 is 1.88 bits per heavy atom. The van der Waals surface area contributed by atoms with Crippen LogP contribution in [0.4, 0.5) is 0 Å². The Bertz CT molecular complexity index is 124. The predicted octanol–water partition coefficient (Wildman–Crippen LogP) is 0.372. The number of thioether (sulfide) groups is 1. The minimum Gasteiger partial charge on any atom is -0.592 e. The molecule has 0 aromatic rings. The maximum atomic E-state index is 10.5. The Labute approximate surface area is 50.7 Å². The summed E-state index contributed by atoms with van der Waals surface area (Å²) in [7, 11) is 0. The molecule has 1 aliphatic heterocycles. The van der Waals surface area contributed by atoms with Crippen molar-refractivity contribution in [3.63, 3.8) is 0 Å². The first-order chi connectivity index (χ1) is 3.63. The smallest absolute Gasteiger partial charge is 0.289 e. The zero-order valence-electron chi connectivity index (χ0n) is 4.13. The van der Waals surface area contributed by atoms with Gasteiger partial charge in [-0.3, -0.25) is 0 Å². The fraction of sp³-hybridized carbons (Fsp3) is 0.667. The summed E-state index contributed by atoms with van der Waals surface area (Å²) in [5.74, 6) is 0.554.